The van der Waals surface area contributed by atoms with Crippen LogP contribution in [0.15, 0.2) is 30.5 Å². The van der Waals surface area contributed by atoms with Crippen molar-refractivity contribution in [1.82, 2.24) is 20.5 Å². The molecule has 2 heterocycles. The number of likely N-dealkylation sites (tertiary alicyclic amines) is 1. The van der Waals surface area contributed by atoms with E-state index >= 15 is 0 Å². The van der Waals surface area contributed by atoms with Gasteiger partial charge in [-0.15, -0.1) is 0 Å². The van der Waals surface area contributed by atoms with E-state index in [9.17, 15) is 4.79 Å². The van der Waals surface area contributed by atoms with Crippen molar-refractivity contribution in [1.29, 1.82) is 0 Å². The Labute approximate surface area is 163 Å². The summed E-state index contributed by atoms with van der Waals surface area (Å²) in [6.45, 7) is 8.37. The number of rotatable bonds is 10. The minimum Gasteiger partial charge on any atom is -0.473 e. The Morgan fingerprint density at radius 1 is 1.33 bits per heavy atom. The zero-order valence-electron chi connectivity index (χ0n) is 16.7. The number of urea groups is 1. The van der Waals surface area contributed by atoms with E-state index < -0.39 is 0 Å². The number of nitrogens with one attached hydrogen (secondary N) is 2. The number of ether oxygens (including phenoxy) is 1. The fraction of sp³-hybridized carbons (Fsp3) is 0.619. The quantitative estimate of drug-likeness (QED) is 0.615. The van der Waals surface area contributed by atoms with Gasteiger partial charge in [-0.2, -0.15) is 0 Å². The highest BCUT2D eigenvalue weighted by Gasteiger charge is 2.10. The lowest BCUT2D eigenvalue weighted by atomic mass is 10.1. The molecule has 0 saturated carbocycles. The molecule has 1 fully saturated rings. The summed E-state index contributed by atoms with van der Waals surface area (Å²) in [4.78, 5) is 18.4. The fourth-order valence-corrected chi connectivity index (χ4v) is 3.22. The van der Waals surface area contributed by atoms with Crippen molar-refractivity contribution in [2.45, 2.75) is 58.5 Å². The Bertz CT molecular complexity index is 585. The molecule has 0 radical (unpaired) electrons. The molecule has 1 aromatic rings. The molecule has 150 valence electrons. The number of amides is 2. The summed E-state index contributed by atoms with van der Waals surface area (Å²) in [6.07, 6.45) is 11.6. The molecule has 1 aromatic heterocycles. The monoisotopic (exact) mass is 374 g/mol. The van der Waals surface area contributed by atoms with Crippen LogP contribution in [0.3, 0.4) is 0 Å². The van der Waals surface area contributed by atoms with Gasteiger partial charge >= 0.3 is 6.03 Å². The molecule has 0 spiro atoms. The van der Waals surface area contributed by atoms with Crippen molar-refractivity contribution < 1.29 is 9.53 Å². The molecule has 0 aromatic carbocycles. The maximum absolute atomic E-state index is 11.7. The number of nitrogens with zero attached hydrogens (tertiary/aromatic N) is 2. The van der Waals surface area contributed by atoms with Crippen LogP contribution in [0.4, 0.5) is 4.79 Å². The van der Waals surface area contributed by atoms with Crippen LogP contribution in [0.1, 0.15) is 51.5 Å². The van der Waals surface area contributed by atoms with E-state index in [1.165, 1.54) is 37.9 Å². The Morgan fingerprint density at radius 2 is 2.15 bits per heavy atom. The first-order valence-corrected chi connectivity index (χ1v) is 10.2. The van der Waals surface area contributed by atoms with Crippen LogP contribution >= 0.6 is 0 Å². The van der Waals surface area contributed by atoms with Crippen molar-refractivity contribution in [2.24, 2.45) is 0 Å². The first-order valence-electron chi connectivity index (χ1n) is 10.2. The highest BCUT2D eigenvalue weighted by Crippen LogP contribution is 2.15. The van der Waals surface area contributed by atoms with Crippen molar-refractivity contribution in [2.75, 3.05) is 26.2 Å². The van der Waals surface area contributed by atoms with Crippen molar-refractivity contribution in [3.05, 3.63) is 36.0 Å². The minimum atomic E-state index is -0.131. The number of aromatic nitrogens is 1. The largest absolute Gasteiger partial charge is 0.473 e. The van der Waals surface area contributed by atoms with Crippen molar-refractivity contribution in [3.63, 3.8) is 0 Å². The molecular weight excluding hydrogens is 340 g/mol. The van der Waals surface area contributed by atoms with Crippen LogP contribution in [0, 0.1) is 0 Å². The number of hydrogen-bond acceptors (Lipinski definition) is 4. The van der Waals surface area contributed by atoms with Gasteiger partial charge in [0.25, 0.3) is 0 Å². The molecule has 0 bridgehead atoms. The molecular formula is C21H34N4O2. The van der Waals surface area contributed by atoms with Gasteiger partial charge in [-0.25, -0.2) is 9.78 Å². The number of pyridine rings is 1. The maximum atomic E-state index is 11.7. The second-order valence-corrected chi connectivity index (χ2v) is 7.17. The predicted molar refractivity (Wildman–Crippen MR) is 109 cm³/mol. The van der Waals surface area contributed by atoms with Crippen LogP contribution in [-0.4, -0.2) is 48.2 Å². The van der Waals surface area contributed by atoms with Gasteiger partial charge in [-0.3, -0.25) is 4.90 Å². The molecule has 0 aliphatic carbocycles. The average molecular weight is 375 g/mol. The highest BCUT2D eigenvalue weighted by atomic mass is 16.5. The van der Waals surface area contributed by atoms with Crippen molar-refractivity contribution in [3.8, 4) is 5.88 Å². The van der Waals surface area contributed by atoms with Gasteiger partial charge in [-0.05, 0) is 57.0 Å². The van der Waals surface area contributed by atoms with E-state index in [1.54, 1.807) is 0 Å². The minimum absolute atomic E-state index is 0.131. The van der Waals surface area contributed by atoms with Gasteiger partial charge in [0.2, 0.25) is 5.88 Å². The fourth-order valence-electron chi connectivity index (χ4n) is 3.22. The van der Waals surface area contributed by atoms with Gasteiger partial charge in [-0.1, -0.05) is 25.8 Å². The smallest absolute Gasteiger partial charge is 0.315 e. The number of hydrogen-bond donors (Lipinski definition) is 2. The van der Waals surface area contributed by atoms with Gasteiger partial charge < -0.3 is 15.4 Å². The van der Waals surface area contributed by atoms with Crippen LogP contribution in [0.5, 0.6) is 5.88 Å². The molecule has 1 aliphatic heterocycles. The Balaban J connectivity index is 1.64. The molecule has 1 atom stereocenters. The van der Waals surface area contributed by atoms with E-state index in [4.69, 9.17) is 4.74 Å². The second-order valence-electron chi connectivity index (χ2n) is 7.17. The van der Waals surface area contributed by atoms with Gasteiger partial charge in [0.15, 0.2) is 0 Å². The number of carbonyl (C=O) groups excluding carboxylic acids is 1. The summed E-state index contributed by atoms with van der Waals surface area (Å²) in [5.74, 6) is 0.647. The third kappa shape index (κ3) is 8.91. The average Bonchev–Trinajstić information content (AvgIpc) is 2.66. The summed E-state index contributed by atoms with van der Waals surface area (Å²) < 4.78 is 5.69. The van der Waals surface area contributed by atoms with Crippen LogP contribution in [0.2, 0.25) is 0 Å². The third-order valence-electron chi connectivity index (χ3n) is 4.63. The zero-order chi connectivity index (χ0) is 19.3. The molecule has 6 heteroatoms. The predicted octanol–water partition coefficient (Wildman–Crippen LogP) is 3.49. The molecule has 1 unspecified atom stereocenters. The summed E-state index contributed by atoms with van der Waals surface area (Å²) in [5.41, 5.74) is 1.24. The highest BCUT2D eigenvalue weighted by molar-refractivity contribution is 5.74. The van der Waals surface area contributed by atoms with E-state index in [1.807, 2.05) is 31.3 Å². The van der Waals surface area contributed by atoms with Gasteiger partial charge in [0, 0.05) is 31.4 Å². The SMILES string of the molecule is CCCC(C)NC(=O)NC/C=C\COc1cc(CN2CCCCC2)ccn1. The van der Waals surface area contributed by atoms with Crippen LogP contribution < -0.4 is 15.4 Å². The number of carbonyl (C=O) groups is 1. The zero-order valence-corrected chi connectivity index (χ0v) is 16.7. The van der Waals surface area contributed by atoms with Crippen LogP contribution in [-0.2, 0) is 6.54 Å². The normalized spacial score (nSPS) is 16.2. The Kier molecular flexibility index (Phi) is 9.69. The summed E-state index contributed by atoms with van der Waals surface area (Å²) in [6, 6.07) is 4.14. The lowest BCUT2D eigenvalue weighted by Gasteiger charge is -2.26. The summed E-state index contributed by atoms with van der Waals surface area (Å²) in [5, 5.41) is 5.72. The third-order valence-corrected chi connectivity index (χ3v) is 4.63. The summed E-state index contributed by atoms with van der Waals surface area (Å²) in [7, 11) is 0. The molecule has 1 aliphatic rings. The molecule has 27 heavy (non-hydrogen) atoms. The Hall–Kier alpha value is -2.08. The van der Waals surface area contributed by atoms with E-state index in [-0.39, 0.29) is 12.1 Å². The summed E-state index contributed by atoms with van der Waals surface area (Å²) >= 11 is 0. The molecule has 2 amide bonds. The van der Waals surface area contributed by atoms with E-state index in [2.05, 4.69) is 33.5 Å². The van der Waals surface area contributed by atoms with E-state index in [0.29, 0.717) is 19.0 Å². The molecule has 1 saturated heterocycles. The first-order chi connectivity index (χ1) is 13.2. The molecule has 2 N–H and O–H groups in total. The molecule has 6 nitrogen and oxygen atoms in total. The standard InChI is InChI=1S/C21H34N4O2/c1-3-9-18(2)24-21(26)23-11-5-8-15-27-20-16-19(10-12-22-20)17-25-13-6-4-7-14-25/h5,8,10,12,16,18H,3-4,6-7,9,11,13-15,17H2,1-2H3,(H2,23,24,26)/b8-5-. The molecule has 2 rings (SSSR count). The van der Waals surface area contributed by atoms with E-state index in [0.717, 1.165) is 19.4 Å². The number of piperidine rings is 1. The van der Waals surface area contributed by atoms with Gasteiger partial charge in [0.1, 0.15) is 6.61 Å². The topological polar surface area (TPSA) is 66.5 Å². The Morgan fingerprint density at radius 3 is 2.93 bits per heavy atom. The second kappa shape index (κ2) is 12.3. The lowest BCUT2D eigenvalue weighted by Crippen LogP contribution is -2.40. The lowest BCUT2D eigenvalue weighted by molar-refractivity contribution is 0.220. The first kappa shape index (κ1) is 21.2. The van der Waals surface area contributed by atoms with Crippen molar-refractivity contribution >= 4 is 6.03 Å². The van der Waals surface area contributed by atoms with Crippen LogP contribution in [0.25, 0.3) is 0 Å². The van der Waals surface area contributed by atoms with Gasteiger partial charge in [0.05, 0.1) is 0 Å². The maximum Gasteiger partial charge on any atom is 0.315 e.